The van der Waals surface area contributed by atoms with Crippen LogP contribution in [0.2, 0.25) is 0 Å². The van der Waals surface area contributed by atoms with Gasteiger partial charge < -0.3 is 10.2 Å². The number of hydrogen-bond donors (Lipinski definition) is 2. The molecule has 0 aromatic heterocycles. The fourth-order valence-corrected chi connectivity index (χ4v) is 1.79. The molecule has 112 valence electrons. The van der Waals surface area contributed by atoms with Gasteiger partial charge in [-0.2, -0.15) is 0 Å². The predicted octanol–water partition coefficient (Wildman–Crippen LogP) is 3.49. The summed E-state index contributed by atoms with van der Waals surface area (Å²) < 4.78 is 0. The van der Waals surface area contributed by atoms with Crippen molar-refractivity contribution in [1.29, 1.82) is 0 Å². The van der Waals surface area contributed by atoms with Gasteiger partial charge in [0.15, 0.2) is 0 Å². The molecule has 21 heavy (non-hydrogen) atoms. The van der Waals surface area contributed by atoms with Crippen molar-refractivity contribution in [2.45, 2.75) is 70.6 Å². The quantitative estimate of drug-likeness (QED) is 0.327. The van der Waals surface area contributed by atoms with Crippen LogP contribution in [-0.4, -0.2) is 62.6 Å². The van der Waals surface area contributed by atoms with Crippen molar-refractivity contribution in [2.75, 3.05) is 0 Å². The van der Waals surface area contributed by atoms with Crippen molar-refractivity contribution >= 4 is 52.4 Å². The van der Waals surface area contributed by atoms with Gasteiger partial charge in [-0.25, -0.2) is 0 Å². The minimum atomic E-state index is -0.705. The Hall–Kier alpha value is -0.0213. The molecule has 0 amide bonds. The smallest absolute Gasteiger partial charge is 0.481 e. The third-order valence-electron chi connectivity index (χ3n) is 2.78. The molecule has 4 nitrogen and oxygen atoms in total. The van der Waals surface area contributed by atoms with Gasteiger partial charge in [0.25, 0.3) is 0 Å². The van der Waals surface area contributed by atoms with E-state index in [9.17, 15) is 9.59 Å². The number of unbranched alkanes of at least 4 members (excludes halogenated alkanes) is 8. The van der Waals surface area contributed by atoms with Crippen molar-refractivity contribution < 1.29 is 19.8 Å². The van der Waals surface area contributed by atoms with Crippen LogP contribution in [0.25, 0.3) is 0 Å². The maximum absolute atomic E-state index is 10.2. The fourth-order valence-electron chi connectivity index (χ4n) is 1.79. The molecule has 6 heteroatoms. The van der Waals surface area contributed by atoms with Crippen LogP contribution < -0.4 is 0 Å². The molecule has 0 aliphatic heterocycles. The van der Waals surface area contributed by atoms with Crippen molar-refractivity contribution in [3.8, 4) is 0 Å². The molecule has 0 bridgehead atoms. The first-order valence-electron chi connectivity index (χ1n) is 7.06. The van der Waals surface area contributed by atoms with E-state index in [0.29, 0.717) is 0 Å². The number of rotatable bonds is 12. The number of carbonyl (C=O) groups is 2. The Morgan fingerprint density at radius 2 is 0.810 bits per heavy atom. The average molecular weight is 324 g/mol. The van der Waals surface area contributed by atoms with Gasteiger partial charge >= 0.3 is 52.4 Å². The van der Waals surface area contributed by atoms with Crippen LogP contribution >= 0.6 is 0 Å². The Balaban J connectivity index is -0.000000344. The van der Waals surface area contributed by atoms with Crippen LogP contribution in [0.5, 0.6) is 0 Å². The third-order valence-corrected chi connectivity index (χ3v) is 2.78. The Kier molecular flexibility index (Phi) is 34.5. The molecule has 0 aromatic carbocycles. The molecule has 0 aliphatic carbocycles. The Morgan fingerprint density at radius 1 is 0.619 bits per heavy atom. The summed E-state index contributed by atoms with van der Waals surface area (Å²) >= 11 is 0. The van der Waals surface area contributed by atoms with E-state index in [1.54, 1.807) is 0 Å². The number of carboxylic acids is 2. The van der Waals surface area contributed by atoms with E-state index in [0.717, 1.165) is 38.5 Å². The largest absolute Gasteiger partial charge is 3.00 e. The fraction of sp³-hybridized carbons (Fsp3) is 0.733. The summed E-state index contributed by atoms with van der Waals surface area (Å²) in [7, 11) is 0. The summed E-state index contributed by atoms with van der Waals surface area (Å²) in [6.45, 7) is 6.00. The van der Waals surface area contributed by atoms with Gasteiger partial charge in [0.05, 0.1) is 0 Å². The molecule has 0 radical (unpaired) electrons. The Labute approximate surface area is 155 Å². The molecule has 0 aromatic rings. The summed E-state index contributed by atoms with van der Waals surface area (Å²) in [5.41, 5.74) is 0. The van der Waals surface area contributed by atoms with Crippen molar-refractivity contribution in [1.82, 2.24) is 0 Å². The molecule has 0 atom stereocenters. The Morgan fingerprint density at radius 3 is 1.00 bits per heavy atom. The first-order chi connectivity index (χ1) is 9.13. The van der Waals surface area contributed by atoms with Gasteiger partial charge in [0, 0.05) is 12.8 Å². The second kappa shape index (κ2) is 25.0. The Bertz CT molecular complexity index is 216. The van der Waals surface area contributed by atoms with E-state index in [4.69, 9.17) is 10.2 Å². The molecule has 0 unspecified atom stereocenters. The molecular weight excluding hydrogens is 295 g/mol. The number of aliphatic carboxylic acids is 2. The van der Waals surface area contributed by atoms with E-state index in [1.807, 2.05) is 0 Å². The van der Waals surface area contributed by atoms with Crippen LogP contribution in [0.3, 0.4) is 0 Å². The van der Waals surface area contributed by atoms with Gasteiger partial charge in [-0.05, 0) is 12.8 Å². The summed E-state index contributed by atoms with van der Waals surface area (Å²) in [5.74, 6) is -1.41. The van der Waals surface area contributed by atoms with E-state index in [-0.39, 0.29) is 53.3 Å². The standard InChI is InChI=1S/C13H24O4.C2H4.Al.Mg/c14-12(15)10-8-6-4-2-1-3-5-7-9-11-13(16)17;1-2;;/h1-11H2,(H,14,15)(H,16,17);1-2H2;;/q;;+3;+2. The zero-order valence-corrected chi connectivity index (χ0v) is 15.8. The minimum Gasteiger partial charge on any atom is -0.481 e. The topological polar surface area (TPSA) is 74.6 Å². The third kappa shape index (κ3) is 33.0. The molecule has 2 N–H and O–H groups in total. The molecule has 0 rings (SSSR count). The van der Waals surface area contributed by atoms with Gasteiger partial charge in [0.1, 0.15) is 0 Å². The maximum atomic E-state index is 10.2. The summed E-state index contributed by atoms with van der Waals surface area (Å²) in [5, 5.41) is 16.9. The molecule has 0 saturated heterocycles. The minimum absolute atomic E-state index is 0. The van der Waals surface area contributed by atoms with Crippen molar-refractivity contribution in [3.63, 3.8) is 0 Å². The number of carboxylic acid groups (broad SMARTS) is 2. The number of hydrogen-bond acceptors (Lipinski definition) is 2. The van der Waals surface area contributed by atoms with E-state index in [2.05, 4.69) is 13.2 Å². The average Bonchev–Trinajstić information content (AvgIpc) is 2.37. The molecule has 0 fully saturated rings. The SMILES string of the molecule is C=C.O=C(O)CCCCCCCCCCCC(=O)O.[Al+3].[Mg+2]. The monoisotopic (exact) mass is 323 g/mol. The molecule has 0 aliphatic rings. The van der Waals surface area contributed by atoms with Crippen molar-refractivity contribution in [2.24, 2.45) is 0 Å². The van der Waals surface area contributed by atoms with Gasteiger partial charge in [-0.15, -0.1) is 13.2 Å². The first kappa shape index (κ1) is 29.0. The van der Waals surface area contributed by atoms with Crippen LogP contribution in [0.4, 0.5) is 0 Å². The maximum Gasteiger partial charge on any atom is 3.00 e. The summed E-state index contributed by atoms with van der Waals surface area (Å²) in [6.07, 6.45) is 9.89. The van der Waals surface area contributed by atoms with E-state index in [1.165, 1.54) is 19.3 Å². The van der Waals surface area contributed by atoms with Gasteiger partial charge in [-0.1, -0.05) is 44.9 Å². The van der Waals surface area contributed by atoms with Crippen LogP contribution in [0.15, 0.2) is 13.2 Å². The second-order valence-electron chi connectivity index (χ2n) is 4.47. The zero-order valence-electron chi connectivity index (χ0n) is 13.2. The van der Waals surface area contributed by atoms with Crippen molar-refractivity contribution in [3.05, 3.63) is 13.2 Å². The second-order valence-corrected chi connectivity index (χ2v) is 4.47. The van der Waals surface area contributed by atoms with Gasteiger partial charge in [0.2, 0.25) is 0 Å². The molecule has 0 heterocycles. The molecule has 0 spiro atoms. The predicted molar refractivity (Wildman–Crippen MR) is 88.8 cm³/mol. The van der Waals surface area contributed by atoms with Crippen LogP contribution in [0.1, 0.15) is 70.6 Å². The molecule has 0 saturated carbocycles. The summed E-state index contributed by atoms with van der Waals surface area (Å²) in [6, 6.07) is 0. The molecular formula is C15H28AlMgO4+5. The van der Waals surface area contributed by atoms with Gasteiger partial charge in [-0.3, -0.25) is 9.59 Å². The first-order valence-corrected chi connectivity index (χ1v) is 7.06. The van der Waals surface area contributed by atoms with E-state index >= 15 is 0 Å². The van der Waals surface area contributed by atoms with Crippen LogP contribution in [-0.2, 0) is 9.59 Å². The summed E-state index contributed by atoms with van der Waals surface area (Å²) in [4.78, 5) is 20.5. The normalized spacial score (nSPS) is 8.57. The zero-order chi connectivity index (χ0) is 14.9. The van der Waals surface area contributed by atoms with Crippen LogP contribution in [0, 0.1) is 0 Å². The van der Waals surface area contributed by atoms with E-state index < -0.39 is 11.9 Å².